The summed E-state index contributed by atoms with van der Waals surface area (Å²) in [5.74, 6) is 1.65. The Balaban J connectivity index is 1.52. The van der Waals surface area contributed by atoms with Crippen LogP contribution in [0, 0.1) is 6.92 Å². The van der Waals surface area contributed by atoms with Crippen LogP contribution in [0.5, 0.6) is 5.75 Å². The number of benzene rings is 3. The molecule has 0 saturated heterocycles. The molecule has 0 radical (unpaired) electrons. The lowest BCUT2D eigenvalue weighted by atomic mass is 10.1. The molecule has 3 aromatic carbocycles. The van der Waals surface area contributed by atoms with Crippen molar-refractivity contribution in [3.63, 3.8) is 0 Å². The lowest BCUT2D eigenvalue weighted by Crippen LogP contribution is -1.99. The summed E-state index contributed by atoms with van der Waals surface area (Å²) in [5, 5.41) is 4.41. The highest BCUT2D eigenvalue weighted by Crippen LogP contribution is 2.27. The van der Waals surface area contributed by atoms with E-state index in [1.54, 1.807) is 6.33 Å². The van der Waals surface area contributed by atoms with Crippen molar-refractivity contribution in [1.29, 1.82) is 0 Å². The van der Waals surface area contributed by atoms with Crippen molar-refractivity contribution in [1.82, 2.24) is 9.97 Å². The average Bonchev–Trinajstić information content (AvgIpc) is 2.69. The first-order valence-electron chi connectivity index (χ1n) is 8.54. The number of para-hydroxylation sites is 1. The lowest BCUT2D eigenvalue weighted by molar-refractivity contribution is 0.306. The normalized spacial score (nSPS) is 10.7. The molecule has 0 spiro atoms. The summed E-state index contributed by atoms with van der Waals surface area (Å²) >= 11 is 0. The Hall–Kier alpha value is -3.40. The van der Waals surface area contributed by atoms with E-state index in [4.69, 9.17) is 4.74 Å². The number of nitrogens with one attached hydrogen (secondary N) is 1. The first-order chi connectivity index (χ1) is 12.8. The Bertz CT molecular complexity index is 1030. The molecule has 0 aliphatic heterocycles. The van der Waals surface area contributed by atoms with Crippen LogP contribution in [0.3, 0.4) is 0 Å². The minimum absolute atomic E-state index is 0.559. The van der Waals surface area contributed by atoms with Crippen molar-refractivity contribution in [3.8, 4) is 5.75 Å². The van der Waals surface area contributed by atoms with E-state index in [0.29, 0.717) is 6.61 Å². The van der Waals surface area contributed by atoms with Gasteiger partial charge in [0.05, 0.1) is 5.52 Å². The van der Waals surface area contributed by atoms with Crippen LogP contribution in [0.2, 0.25) is 0 Å². The van der Waals surface area contributed by atoms with Gasteiger partial charge in [-0.15, -0.1) is 0 Å². The molecule has 0 atom stereocenters. The van der Waals surface area contributed by atoms with Gasteiger partial charge in [0.2, 0.25) is 0 Å². The van der Waals surface area contributed by atoms with E-state index in [1.165, 1.54) is 0 Å². The maximum Gasteiger partial charge on any atom is 0.141 e. The van der Waals surface area contributed by atoms with Crippen molar-refractivity contribution in [2.75, 3.05) is 5.32 Å². The van der Waals surface area contributed by atoms with E-state index in [0.717, 1.165) is 39.3 Å². The van der Waals surface area contributed by atoms with Crippen LogP contribution >= 0.6 is 0 Å². The van der Waals surface area contributed by atoms with Crippen molar-refractivity contribution in [2.24, 2.45) is 0 Å². The van der Waals surface area contributed by atoms with Crippen LogP contribution in [0.1, 0.15) is 11.1 Å². The fourth-order valence-corrected chi connectivity index (χ4v) is 2.84. The van der Waals surface area contributed by atoms with Gasteiger partial charge in [-0.25, -0.2) is 9.97 Å². The molecule has 0 bridgehead atoms. The monoisotopic (exact) mass is 341 g/mol. The van der Waals surface area contributed by atoms with E-state index in [1.807, 2.05) is 60.7 Å². The summed E-state index contributed by atoms with van der Waals surface area (Å²) < 4.78 is 5.89. The van der Waals surface area contributed by atoms with Gasteiger partial charge in [0.15, 0.2) is 0 Å². The number of hydrogen-bond acceptors (Lipinski definition) is 4. The quantitative estimate of drug-likeness (QED) is 0.538. The Morgan fingerprint density at radius 3 is 2.54 bits per heavy atom. The van der Waals surface area contributed by atoms with E-state index in [-0.39, 0.29) is 0 Å². The molecule has 1 aromatic heterocycles. The minimum atomic E-state index is 0.559. The summed E-state index contributed by atoms with van der Waals surface area (Å²) in [6.45, 7) is 2.62. The molecule has 4 rings (SSSR count). The summed E-state index contributed by atoms with van der Waals surface area (Å²) in [6, 6.07) is 24.2. The topological polar surface area (TPSA) is 47.0 Å². The fourth-order valence-electron chi connectivity index (χ4n) is 2.84. The SMILES string of the molecule is Cc1cc(OCc2ccccc2)ccc1Nc1ncnc2ccccc12. The Morgan fingerprint density at radius 1 is 0.885 bits per heavy atom. The third-order valence-electron chi connectivity index (χ3n) is 4.24. The predicted octanol–water partition coefficient (Wildman–Crippen LogP) is 5.26. The molecular formula is C22H19N3O. The fraction of sp³-hybridized carbons (Fsp3) is 0.0909. The first kappa shape index (κ1) is 16.1. The molecule has 0 fully saturated rings. The summed E-state index contributed by atoms with van der Waals surface area (Å²) in [7, 11) is 0. The number of aromatic nitrogens is 2. The zero-order valence-electron chi connectivity index (χ0n) is 14.5. The van der Waals surface area contributed by atoms with Crippen LogP contribution in [0.4, 0.5) is 11.5 Å². The highest BCUT2D eigenvalue weighted by Gasteiger charge is 2.06. The van der Waals surface area contributed by atoms with Crippen molar-refractivity contribution >= 4 is 22.4 Å². The van der Waals surface area contributed by atoms with Crippen molar-refractivity contribution in [2.45, 2.75) is 13.5 Å². The van der Waals surface area contributed by atoms with Gasteiger partial charge < -0.3 is 10.1 Å². The summed E-state index contributed by atoms with van der Waals surface area (Å²) in [6.07, 6.45) is 1.58. The molecule has 0 unspecified atom stereocenters. The standard InChI is InChI=1S/C22H19N3O/c1-16-13-18(26-14-17-7-3-2-4-8-17)11-12-20(16)25-22-19-9-5-6-10-21(19)23-15-24-22/h2-13,15H,14H2,1H3,(H,23,24,25). The maximum absolute atomic E-state index is 5.89. The number of hydrogen-bond donors (Lipinski definition) is 1. The zero-order chi connectivity index (χ0) is 17.8. The molecule has 4 heteroatoms. The van der Waals surface area contributed by atoms with Crippen molar-refractivity contribution in [3.05, 3.63) is 90.3 Å². The molecular weight excluding hydrogens is 322 g/mol. The van der Waals surface area contributed by atoms with Gasteiger partial charge in [-0.3, -0.25) is 0 Å². The second kappa shape index (κ2) is 7.23. The van der Waals surface area contributed by atoms with E-state index < -0.39 is 0 Å². The lowest BCUT2D eigenvalue weighted by Gasteiger charge is -2.13. The Morgan fingerprint density at radius 2 is 1.69 bits per heavy atom. The van der Waals surface area contributed by atoms with Gasteiger partial charge in [0.25, 0.3) is 0 Å². The highest BCUT2D eigenvalue weighted by molar-refractivity contribution is 5.90. The number of nitrogens with zero attached hydrogens (tertiary/aromatic N) is 2. The third kappa shape index (κ3) is 3.49. The molecule has 4 nitrogen and oxygen atoms in total. The Labute approximate surface area is 152 Å². The van der Waals surface area contributed by atoms with Crippen LogP contribution in [-0.4, -0.2) is 9.97 Å². The number of rotatable bonds is 5. The van der Waals surface area contributed by atoms with Gasteiger partial charge >= 0.3 is 0 Å². The molecule has 0 saturated carbocycles. The average molecular weight is 341 g/mol. The molecule has 0 aliphatic carbocycles. The summed E-state index contributed by atoms with van der Waals surface area (Å²) in [4.78, 5) is 8.69. The van der Waals surface area contributed by atoms with Gasteiger partial charge in [-0.05, 0) is 48.4 Å². The van der Waals surface area contributed by atoms with E-state index >= 15 is 0 Å². The molecule has 0 aliphatic rings. The maximum atomic E-state index is 5.89. The summed E-state index contributed by atoms with van der Waals surface area (Å²) in [5.41, 5.74) is 4.17. The molecule has 1 N–H and O–H groups in total. The van der Waals surface area contributed by atoms with Crippen molar-refractivity contribution < 1.29 is 4.74 Å². The smallest absolute Gasteiger partial charge is 0.141 e. The second-order valence-electron chi connectivity index (χ2n) is 6.12. The minimum Gasteiger partial charge on any atom is -0.489 e. The van der Waals surface area contributed by atoms with Crippen LogP contribution < -0.4 is 10.1 Å². The van der Waals surface area contributed by atoms with Crippen LogP contribution in [0.25, 0.3) is 10.9 Å². The highest BCUT2D eigenvalue weighted by atomic mass is 16.5. The third-order valence-corrected chi connectivity index (χ3v) is 4.24. The molecule has 0 amide bonds. The van der Waals surface area contributed by atoms with Crippen LogP contribution in [0.15, 0.2) is 79.1 Å². The van der Waals surface area contributed by atoms with Gasteiger partial charge in [0.1, 0.15) is 24.5 Å². The molecule has 128 valence electrons. The van der Waals surface area contributed by atoms with Crippen LogP contribution in [-0.2, 0) is 6.61 Å². The first-order valence-corrected chi connectivity index (χ1v) is 8.54. The van der Waals surface area contributed by atoms with E-state index in [9.17, 15) is 0 Å². The van der Waals surface area contributed by atoms with Gasteiger partial charge in [-0.2, -0.15) is 0 Å². The largest absolute Gasteiger partial charge is 0.489 e. The van der Waals surface area contributed by atoms with Gasteiger partial charge in [-0.1, -0.05) is 42.5 Å². The number of ether oxygens (including phenoxy) is 1. The van der Waals surface area contributed by atoms with E-state index in [2.05, 4.69) is 34.3 Å². The zero-order valence-corrected chi connectivity index (χ0v) is 14.5. The number of aryl methyl sites for hydroxylation is 1. The van der Waals surface area contributed by atoms with Gasteiger partial charge in [0, 0.05) is 11.1 Å². The Kier molecular flexibility index (Phi) is 4.48. The predicted molar refractivity (Wildman–Crippen MR) is 105 cm³/mol. The molecule has 1 heterocycles. The second-order valence-corrected chi connectivity index (χ2v) is 6.12. The molecule has 26 heavy (non-hydrogen) atoms. The number of anilines is 2. The number of fused-ring (bicyclic) bond motifs is 1. The molecule has 4 aromatic rings.